The van der Waals surface area contributed by atoms with Crippen LogP contribution in [0.2, 0.25) is 0 Å². The minimum absolute atomic E-state index is 0.130. The zero-order valence-electron chi connectivity index (χ0n) is 10.8. The van der Waals surface area contributed by atoms with Gasteiger partial charge in [-0.2, -0.15) is 0 Å². The first-order chi connectivity index (χ1) is 8.61. The van der Waals surface area contributed by atoms with Gasteiger partial charge in [-0.05, 0) is 29.8 Å². The van der Waals surface area contributed by atoms with Crippen LogP contribution in [0, 0.1) is 0 Å². The minimum atomic E-state index is 0.130. The first-order valence-corrected chi connectivity index (χ1v) is 6.79. The molecule has 1 heterocycles. The van der Waals surface area contributed by atoms with Crippen molar-refractivity contribution < 1.29 is 14.2 Å². The molecule has 0 aromatic heterocycles. The lowest BCUT2D eigenvalue weighted by atomic mass is 10.2. The molecule has 0 bridgehead atoms. The van der Waals surface area contributed by atoms with E-state index in [0.29, 0.717) is 13.2 Å². The van der Waals surface area contributed by atoms with E-state index in [0.717, 1.165) is 21.7 Å². The zero-order chi connectivity index (χ0) is 13.1. The molecule has 1 aliphatic rings. The maximum atomic E-state index is 5.57. The summed E-state index contributed by atoms with van der Waals surface area (Å²) in [5.74, 6) is 1.57. The van der Waals surface area contributed by atoms with Crippen molar-refractivity contribution in [3.8, 4) is 11.5 Å². The molecule has 1 N–H and O–H groups in total. The Labute approximate surface area is 116 Å². The van der Waals surface area contributed by atoms with Crippen molar-refractivity contribution in [3.05, 3.63) is 16.6 Å². The van der Waals surface area contributed by atoms with Gasteiger partial charge < -0.3 is 19.5 Å². The third-order valence-corrected chi connectivity index (χ3v) is 3.75. The average molecular weight is 316 g/mol. The van der Waals surface area contributed by atoms with Crippen LogP contribution in [0.5, 0.6) is 11.5 Å². The quantitative estimate of drug-likeness (QED) is 0.927. The highest BCUT2D eigenvalue weighted by Gasteiger charge is 2.17. The van der Waals surface area contributed by atoms with Crippen molar-refractivity contribution in [1.29, 1.82) is 0 Å². The largest absolute Gasteiger partial charge is 0.486 e. The van der Waals surface area contributed by atoms with Crippen LogP contribution < -0.4 is 14.8 Å². The second-order valence-corrected chi connectivity index (χ2v) is 5.20. The van der Waals surface area contributed by atoms with Gasteiger partial charge in [0.1, 0.15) is 13.2 Å². The van der Waals surface area contributed by atoms with E-state index in [1.165, 1.54) is 0 Å². The van der Waals surface area contributed by atoms with Gasteiger partial charge in [0.05, 0.1) is 11.8 Å². The van der Waals surface area contributed by atoms with Gasteiger partial charge >= 0.3 is 0 Å². The molecule has 0 saturated heterocycles. The van der Waals surface area contributed by atoms with Gasteiger partial charge in [0, 0.05) is 29.8 Å². The molecule has 2 rings (SSSR count). The molecule has 1 aromatic rings. The molecule has 100 valence electrons. The molecule has 1 aliphatic heterocycles. The summed E-state index contributed by atoms with van der Waals surface area (Å²) in [6.07, 6.45) is 0.130. The Kier molecular flexibility index (Phi) is 4.35. The summed E-state index contributed by atoms with van der Waals surface area (Å²) in [6, 6.07) is 4.09. The molecule has 0 fully saturated rings. The van der Waals surface area contributed by atoms with Crippen LogP contribution in [0.3, 0.4) is 0 Å². The normalized spacial score (nSPS) is 17.1. The molecule has 5 heteroatoms. The molecule has 0 radical (unpaired) electrons. The molecule has 2 atom stereocenters. The highest BCUT2D eigenvalue weighted by molar-refractivity contribution is 9.10. The summed E-state index contributed by atoms with van der Waals surface area (Å²) in [7, 11) is 1.71. The molecular weight excluding hydrogens is 298 g/mol. The molecule has 18 heavy (non-hydrogen) atoms. The summed E-state index contributed by atoms with van der Waals surface area (Å²) >= 11 is 3.54. The van der Waals surface area contributed by atoms with E-state index in [1.54, 1.807) is 7.11 Å². The van der Waals surface area contributed by atoms with Crippen molar-refractivity contribution in [2.45, 2.75) is 26.0 Å². The van der Waals surface area contributed by atoms with E-state index < -0.39 is 0 Å². The maximum absolute atomic E-state index is 5.57. The number of anilines is 1. The molecule has 2 unspecified atom stereocenters. The lowest BCUT2D eigenvalue weighted by Gasteiger charge is -2.24. The number of halogens is 1. The predicted molar refractivity (Wildman–Crippen MR) is 74.7 cm³/mol. The van der Waals surface area contributed by atoms with Crippen molar-refractivity contribution >= 4 is 21.6 Å². The Morgan fingerprint density at radius 3 is 2.44 bits per heavy atom. The van der Waals surface area contributed by atoms with Gasteiger partial charge in [-0.3, -0.25) is 0 Å². The molecule has 0 amide bonds. The average Bonchev–Trinajstić information content (AvgIpc) is 2.38. The van der Waals surface area contributed by atoms with E-state index >= 15 is 0 Å². The van der Waals surface area contributed by atoms with Gasteiger partial charge in [0.2, 0.25) is 0 Å². The van der Waals surface area contributed by atoms with E-state index in [1.807, 2.05) is 19.1 Å². The predicted octanol–water partition coefficient (Wildman–Crippen LogP) is 3.06. The minimum Gasteiger partial charge on any atom is -0.486 e. The second kappa shape index (κ2) is 5.80. The fraction of sp³-hybridized carbons (Fsp3) is 0.538. The molecule has 0 aliphatic carbocycles. The Morgan fingerprint density at radius 2 is 1.83 bits per heavy atom. The fourth-order valence-corrected chi connectivity index (χ4v) is 2.18. The summed E-state index contributed by atoms with van der Waals surface area (Å²) < 4.78 is 17.4. The van der Waals surface area contributed by atoms with Crippen molar-refractivity contribution in [1.82, 2.24) is 0 Å². The zero-order valence-corrected chi connectivity index (χ0v) is 12.4. The number of rotatable bonds is 4. The highest BCUT2D eigenvalue weighted by atomic mass is 79.9. The lowest BCUT2D eigenvalue weighted by molar-refractivity contribution is 0.106. The maximum Gasteiger partial charge on any atom is 0.163 e. The Balaban J connectivity index is 2.18. The van der Waals surface area contributed by atoms with Gasteiger partial charge in [-0.25, -0.2) is 0 Å². The first kappa shape index (κ1) is 13.5. The van der Waals surface area contributed by atoms with Crippen LogP contribution in [-0.4, -0.2) is 32.5 Å². The van der Waals surface area contributed by atoms with Gasteiger partial charge in [0.25, 0.3) is 0 Å². The third-order valence-electron chi connectivity index (χ3n) is 3.09. The number of benzene rings is 1. The Morgan fingerprint density at radius 1 is 1.22 bits per heavy atom. The smallest absolute Gasteiger partial charge is 0.163 e. The van der Waals surface area contributed by atoms with Crippen LogP contribution in [0.1, 0.15) is 13.8 Å². The van der Waals surface area contributed by atoms with Crippen molar-refractivity contribution in [2.24, 2.45) is 0 Å². The molecule has 0 saturated carbocycles. The van der Waals surface area contributed by atoms with Crippen LogP contribution in [-0.2, 0) is 4.74 Å². The summed E-state index contributed by atoms with van der Waals surface area (Å²) in [5.41, 5.74) is 0.982. The monoisotopic (exact) mass is 315 g/mol. The number of hydrogen-bond donors (Lipinski definition) is 1. The van der Waals surface area contributed by atoms with Crippen LogP contribution in [0.4, 0.5) is 5.69 Å². The van der Waals surface area contributed by atoms with Gasteiger partial charge in [-0.1, -0.05) is 0 Å². The number of fused-ring (bicyclic) bond motifs is 1. The number of hydrogen-bond acceptors (Lipinski definition) is 4. The highest BCUT2D eigenvalue weighted by Crippen LogP contribution is 2.38. The van der Waals surface area contributed by atoms with Crippen LogP contribution in [0.25, 0.3) is 0 Å². The van der Waals surface area contributed by atoms with E-state index in [4.69, 9.17) is 14.2 Å². The third kappa shape index (κ3) is 2.90. The van der Waals surface area contributed by atoms with E-state index in [9.17, 15) is 0 Å². The van der Waals surface area contributed by atoms with E-state index in [-0.39, 0.29) is 12.1 Å². The summed E-state index contributed by atoms with van der Waals surface area (Å²) in [6.45, 7) is 5.31. The lowest BCUT2D eigenvalue weighted by Crippen LogP contribution is -2.29. The number of nitrogens with one attached hydrogen (secondary N) is 1. The standard InChI is InChI=1S/C13H18BrNO3/c1-8(9(2)16-3)15-11-7-13-12(6-10(11)14)17-4-5-18-13/h6-9,15H,4-5H2,1-3H3. The first-order valence-electron chi connectivity index (χ1n) is 6.00. The SMILES string of the molecule is COC(C)C(C)Nc1cc2c(cc1Br)OCCO2. The second-order valence-electron chi connectivity index (χ2n) is 4.35. The summed E-state index contributed by atoms with van der Waals surface area (Å²) in [4.78, 5) is 0. The molecule has 0 spiro atoms. The fourth-order valence-electron chi connectivity index (χ4n) is 1.74. The number of ether oxygens (including phenoxy) is 3. The van der Waals surface area contributed by atoms with E-state index in [2.05, 4.69) is 28.2 Å². The van der Waals surface area contributed by atoms with Gasteiger partial charge in [0.15, 0.2) is 11.5 Å². The van der Waals surface area contributed by atoms with Crippen molar-refractivity contribution in [2.75, 3.05) is 25.6 Å². The molecule has 1 aromatic carbocycles. The summed E-state index contributed by atoms with van der Waals surface area (Å²) in [5, 5.41) is 3.40. The number of methoxy groups -OCH3 is 1. The van der Waals surface area contributed by atoms with Gasteiger partial charge in [-0.15, -0.1) is 0 Å². The topological polar surface area (TPSA) is 39.7 Å². The molecular formula is C13H18BrNO3. The molecule has 4 nitrogen and oxygen atoms in total. The van der Waals surface area contributed by atoms with Crippen LogP contribution >= 0.6 is 15.9 Å². The Hall–Kier alpha value is -0.940. The Bertz CT molecular complexity index is 425. The van der Waals surface area contributed by atoms with Crippen LogP contribution in [0.15, 0.2) is 16.6 Å². The van der Waals surface area contributed by atoms with Crippen molar-refractivity contribution in [3.63, 3.8) is 0 Å².